The first-order chi connectivity index (χ1) is 7.59. The second-order valence-corrected chi connectivity index (χ2v) is 4.97. The van der Waals surface area contributed by atoms with E-state index in [9.17, 15) is 0 Å². The van der Waals surface area contributed by atoms with Crippen molar-refractivity contribution in [3.63, 3.8) is 0 Å². The van der Waals surface area contributed by atoms with Gasteiger partial charge in [-0.15, -0.1) is 25.7 Å². The minimum atomic E-state index is 0. The first-order valence-electron chi connectivity index (χ1n) is 6.12. The van der Waals surface area contributed by atoms with E-state index in [1.54, 1.807) is 11.1 Å². The number of rotatable bonds is 3. The summed E-state index contributed by atoms with van der Waals surface area (Å²) in [6.07, 6.45) is 11.3. The van der Waals surface area contributed by atoms with Crippen LogP contribution in [-0.2, 0) is 21.7 Å². The zero-order valence-electron chi connectivity index (χ0n) is 11.3. The molecule has 0 aromatic heterocycles. The molecule has 2 aliphatic rings. The smallest absolute Gasteiger partial charge is 0.269 e. The third kappa shape index (κ3) is 3.11. The van der Waals surface area contributed by atoms with E-state index in [4.69, 9.17) is 0 Å². The fourth-order valence-electron chi connectivity index (χ4n) is 2.65. The largest absolute Gasteiger partial charge is 2.00 e. The minimum Gasteiger partial charge on any atom is -0.269 e. The maximum atomic E-state index is 3.42. The van der Waals surface area contributed by atoms with Gasteiger partial charge in [-0.3, -0.25) is 12.2 Å². The fourth-order valence-corrected chi connectivity index (χ4v) is 2.65. The van der Waals surface area contributed by atoms with Gasteiger partial charge in [-0.2, -0.15) is 22.3 Å². The van der Waals surface area contributed by atoms with Gasteiger partial charge in [-0.25, -0.2) is 11.1 Å². The Morgan fingerprint density at radius 1 is 0.765 bits per heavy atom. The third-order valence-corrected chi connectivity index (χ3v) is 3.80. The summed E-state index contributed by atoms with van der Waals surface area (Å²) < 4.78 is 0. The van der Waals surface area contributed by atoms with E-state index in [1.807, 2.05) is 0 Å². The second kappa shape index (κ2) is 6.02. The molecule has 17 heavy (non-hydrogen) atoms. The Balaban J connectivity index is 0.00000144. The van der Waals surface area contributed by atoms with Gasteiger partial charge in [0, 0.05) is 0 Å². The zero-order chi connectivity index (χ0) is 11.7. The van der Waals surface area contributed by atoms with Gasteiger partial charge in [0.2, 0.25) is 0 Å². The molecule has 0 N–H and O–H groups in total. The predicted molar refractivity (Wildman–Crippen MR) is 68.7 cm³/mol. The molecule has 0 unspecified atom stereocenters. The van der Waals surface area contributed by atoms with Crippen molar-refractivity contribution >= 4 is 0 Å². The van der Waals surface area contributed by atoms with Crippen LogP contribution in [0.3, 0.4) is 0 Å². The molecule has 0 spiro atoms. The van der Waals surface area contributed by atoms with Crippen LogP contribution >= 0.6 is 0 Å². The van der Waals surface area contributed by atoms with E-state index in [2.05, 4.69) is 39.8 Å². The maximum absolute atomic E-state index is 3.42. The van der Waals surface area contributed by atoms with E-state index >= 15 is 0 Å². The molecule has 0 fully saturated rings. The molecule has 0 bridgehead atoms. The molecule has 2 rings (SSSR count). The number of hydrogen-bond acceptors (Lipinski definition) is 0. The zero-order valence-corrected chi connectivity index (χ0v) is 12.9. The van der Waals surface area contributed by atoms with Crippen LogP contribution in [0.15, 0.2) is 33.4 Å². The molecular weight excluding hydrogens is 240 g/mol. The normalized spacial score (nSPS) is 19.5. The van der Waals surface area contributed by atoms with Crippen molar-refractivity contribution < 1.29 is 21.7 Å². The van der Waals surface area contributed by atoms with Gasteiger partial charge in [0.25, 0.3) is 0 Å². The van der Waals surface area contributed by atoms with Crippen LogP contribution in [0.2, 0.25) is 0 Å². The Kier molecular flexibility index (Phi) is 5.22. The van der Waals surface area contributed by atoms with Crippen LogP contribution in [0.25, 0.3) is 0 Å². The van der Waals surface area contributed by atoms with Crippen molar-refractivity contribution in [3.05, 3.63) is 45.6 Å². The van der Waals surface area contributed by atoms with Crippen molar-refractivity contribution in [1.82, 2.24) is 0 Å². The van der Waals surface area contributed by atoms with Crippen molar-refractivity contribution in [1.29, 1.82) is 0 Å². The van der Waals surface area contributed by atoms with Gasteiger partial charge >= 0.3 is 21.7 Å². The summed E-state index contributed by atoms with van der Waals surface area (Å²) in [4.78, 5) is 0. The Morgan fingerprint density at radius 3 is 1.35 bits per heavy atom. The van der Waals surface area contributed by atoms with Crippen molar-refractivity contribution in [2.75, 3.05) is 0 Å². The number of allylic oxidation sites excluding steroid dienone is 8. The Morgan fingerprint density at radius 2 is 1.12 bits per heavy atom. The molecule has 0 aromatic carbocycles. The van der Waals surface area contributed by atoms with E-state index in [0.717, 1.165) is 12.8 Å². The molecule has 0 aliphatic heterocycles. The molecule has 0 nitrogen and oxygen atoms in total. The SMILES string of the molecule is CC1=[C-]CC(C)=C1CCC1=C(C)C[C-]=C1C.[Ti+2]. The molecule has 1 heteroatoms. The van der Waals surface area contributed by atoms with Crippen LogP contribution < -0.4 is 0 Å². The van der Waals surface area contributed by atoms with E-state index in [0.29, 0.717) is 0 Å². The average molecular weight is 260 g/mol. The second-order valence-electron chi connectivity index (χ2n) is 4.97. The first kappa shape index (κ1) is 14.7. The van der Waals surface area contributed by atoms with Crippen molar-refractivity contribution in [2.24, 2.45) is 0 Å². The van der Waals surface area contributed by atoms with Crippen LogP contribution in [-0.4, -0.2) is 0 Å². The van der Waals surface area contributed by atoms with Crippen LogP contribution in [0, 0.1) is 12.2 Å². The summed E-state index contributed by atoms with van der Waals surface area (Å²) in [5.41, 5.74) is 8.86. The molecule has 0 saturated heterocycles. The van der Waals surface area contributed by atoms with E-state index in [1.165, 1.54) is 35.1 Å². The standard InChI is InChI=1S/C16H20.Ti/c1-11-5-6-12(2)15(11)9-10-16-13(3)7-8-14(16)4;/h5,7,9-10H2,1-4H3;/q-2;+2. The van der Waals surface area contributed by atoms with Crippen molar-refractivity contribution in [3.8, 4) is 0 Å². The quantitative estimate of drug-likeness (QED) is 0.509. The molecular formula is C16H20Ti. The van der Waals surface area contributed by atoms with Crippen LogP contribution in [0.1, 0.15) is 53.4 Å². The molecule has 2 aliphatic carbocycles. The molecule has 88 valence electrons. The summed E-state index contributed by atoms with van der Waals surface area (Å²) in [6, 6.07) is 0. The van der Waals surface area contributed by atoms with Gasteiger partial charge in [-0.1, -0.05) is 27.7 Å². The third-order valence-electron chi connectivity index (χ3n) is 3.80. The molecule has 0 amide bonds. The maximum Gasteiger partial charge on any atom is 2.00 e. The van der Waals surface area contributed by atoms with Gasteiger partial charge in [0.05, 0.1) is 0 Å². The predicted octanol–water partition coefficient (Wildman–Crippen LogP) is 4.70. The first-order valence-corrected chi connectivity index (χ1v) is 6.12. The monoisotopic (exact) mass is 260 g/mol. The summed E-state index contributed by atoms with van der Waals surface area (Å²) >= 11 is 0. The Labute approximate surface area is 120 Å². The van der Waals surface area contributed by atoms with Gasteiger partial charge in [-0.05, 0) is 0 Å². The Bertz CT molecular complexity index is 388. The summed E-state index contributed by atoms with van der Waals surface area (Å²) in [5.74, 6) is 0. The van der Waals surface area contributed by atoms with Crippen LogP contribution in [0.4, 0.5) is 0 Å². The topological polar surface area (TPSA) is 0 Å². The molecule has 0 saturated carbocycles. The Hall–Kier alpha value is -0.326. The fraction of sp³-hybridized carbons (Fsp3) is 0.500. The van der Waals surface area contributed by atoms with Crippen molar-refractivity contribution in [2.45, 2.75) is 53.4 Å². The molecule has 0 aromatic rings. The van der Waals surface area contributed by atoms with E-state index < -0.39 is 0 Å². The van der Waals surface area contributed by atoms with Gasteiger partial charge in [0.15, 0.2) is 0 Å². The van der Waals surface area contributed by atoms with Gasteiger partial charge in [0.1, 0.15) is 0 Å². The summed E-state index contributed by atoms with van der Waals surface area (Å²) in [6.45, 7) is 8.86. The number of hydrogen-bond donors (Lipinski definition) is 0. The molecule has 0 atom stereocenters. The van der Waals surface area contributed by atoms with Crippen LogP contribution in [0.5, 0.6) is 0 Å². The summed E-state index contributed by atoms with van der Waals surface area (Å²) in [7, 11) is 0. The minimum absolute atomic E-state index is 0. The van der Waals surface area contributed by atoms with Gasteiger partial charge < -0.3 is 0 Å². The molecule has 0 radical (unpaired) electrons. The summed E-state index contributed by atoms with van der Waals surface area (Å²) in [5, 5.41) is 0. The molecule has 0 heterocycles. The average Bonchev–Trinajstić information content (AvgIpc) is 2.72. The van der Waals surface area contributed by atoms with E-state index in [-0.39, 0.29) is 21.7 Å².